The second kappa shape index (κ2) is 9.72. The molecule has 3 N–H and O–H groups in total. The van der Waals surface area contributed by atoms with Crippen molar-refractivity contribution in [2.45, 2.75) is 52.0 Å². The lowest BCUT2D eigenvalue weighted by molar-refractivity contribution is 0.302. The molecular formula is C17H29N5O2S. The summed E-state index contributed by atoms with van der Waals surface area (Å²) >= 11 is 5.26. The van der Waals surface area contributed by atoms with Gasteiger partial charge in [-0.1, -0.05) is 33.1 Å². The van der Waals surface area contributed by atoms with Crippen LogP contribution in [0.25, 0.3) is 0 Å². The Labute approximate surface area is 153 Å². The maximum Gasteiger partial charge on any atom is 0.264 e. The van der Waals surface area contributed by atoms with Crippen molar-refractivity contribution in [2.24, 2.45) is 5.10 Å². The molecule has 1 aliphatic rings. The molecular weight excluding hydrogens is 338 g/mol. The van der Waals surface area contributed by atoms with Gasteiger partial charge in [0.25, 0.3) is 5.56 Å². The summed E-state index contributed by atoms with van der Waals surface area (Å²) in [4.78, 5) is 17.1. The van der Waals surface area contributed by atoms with Crippen LogP contribution in [-0.2, 0) is 0 Å². The highest BCUT2D eigenvalue weighted by atomic mass is 32.1. The molecule has 140 valence electrons. The number of aromatic nitrogens is 2. The molecule has 7 nitrogen and oxygen atoms in total. The van der Waals surface area contributed by atoms with Crippen molar-refractivity contribution in [3.63, 3.8) is 0 Å². The van der Waals surface area contributed by atoms with Gasteiger partial charge in [-0.15, -0.1) is 0 Å². The van der Waals surface area contributed by atoms with Crippen LogP contribution in [0.3, 0.4) is 0 Å². The first-order chi connectivity index (χ1) is 12.1. The van der Waals surface area contributed by atoms with E-state index in [9.17, 15) is 9.90 Å². The molecule has 1 aromatic heterocycles. The van der Waals surface area contributed by atoms with Gasteiger partial charge in [-0.2, -0.15) is 5.10 Å². The lowest BCUT2D eigenvalue weighted by Gasteiger charge is -2.25. The van der Waals surface area contributed by atoms with Crippen molar-refractivity contribution >= 4 is 18.4 Å². The Morgan fingerprint density at radius 3 is 2.68 bits per heavy atom. The fourth-order valence-corrected chi connectivity index (χ4v) is 3.60. The Balaban J connectivity index is 2.11. The van der Waals surface area contributed by atoms with Gasteiger partial charge in [0.2, 0.25) is 5.88 Å². The molecule has 25 heavy (non-hydrogen) atoms. The van der Waals surface area contributed by atoms with E-state index < -0.39 is 5.56 Å². The van der Waals surface area contributed by atoms with Crippen molar-refractivity contribution in [3.8, 4) is 5.88 Å². The highest BCUT2D eigenvalue weighted by Crippen LogP contribution is 2.31. The molecule has 1 fully saturated rings. The summed E-state index contributed by atoms with van der Waals surface area (Å²) in [5.41, 5.74) is 2.66. The van der Waals surface area contributed by atoms with Crippen molar-refractivity contribution < 1.29 is 5.11 Å². The van der Waals surface area contributed by atoms with Crippen molar-refractivity contribution in [3.05, 3.63) is 20.7 Å². The lowest BCUT2D eigenvalue weighted by Crippen LogP contribution is -2.30. The second-order valence-electron chi connectivity index (χ2n) is 6.35. The van der Waals surface area contributed by atoms with Gasteiger partial charge in [0.05, 0.1) is 6.21 Å². The number of aromatic hydroxyl groups is 1. The SMILES string of the molecule is CCN(CC)CCN/N=C/c1c(O)n(C2CCCCC2)c(=S)[nH]c1=O. The number of aromatic amines is 1. The molecule has 0 atom stereocenters. The van der Waals surface area contributed by atoms with Crippen LogP contribution >= 0.6 is 12.2 Å². The first-order valence-electron chi connectivity index (χ1n) is 9.14. The minimum absolute atomic E-state index is 0.0880. The van der Waals surface area contributed by atoms with Crippen LogP contribution in [-0.4, -0.2) is 52.0 Å². The van der Waals surface area contributed by atoms with Gasteiger partial charge in [-0.3, -0.25) is 14.3 Å². The number of hydrazone groups is 1. The van der Waals surface area contributed by atoms with E-state index in [4.69, 9.17) is 12.2 Å². The number of rotatable bonds is 8. The zero-order chi connectivity index (χ0) is 18.2. The van der Waals surface area contributed by atoms with Crippen LogP contribution in [0.15, 0.2) is 9.90 Å². The maximum absolute atomic E-state index is 12.1. The highest BCUT2D eigenvalue weighted by Gasteiger charge is 2.21. The van der Waals surface area contributed by atoms with Crippen LogP contribution < -0.4 is 11.0 Å². The van der Waals surface area contributed by atoms with Gasteiger partial charge in [0, 0.05) is 19.1 Å². The summed E-state index contributed by atoms with van der Waals surface area (Å²) in [6, 6.07) is 0.140. The predicted molar refractivity (Wildman–Crippen MR) is 103 cm³/mol. The maximum atomic E-state index is 12.1. The Morgan fingerprint density at radius 1 is 1.36 bits per heavy atom. The molecule has 0 spiro atoms. The summed E-state index contributed by atoms with van der Waals surface area (Å²) in [5.74, 6) is -0.0880. The standard InChI is InChI=1S/C17H29N5O2S/c1-3-21(4-2)11-10-18-19-12-14-15(23)20-17(25)22(16(14)24)13-8-6-5-7-9-13/h12-13,18,24H,3-11H2,1-2H3,(H,20,23,25)/b19-12+. The summed E-state index contributed by atoms with van der Waals surface area (Å²) < 4.78 is 1.95. The zero-order valence-corrected chi connectivity index (χ0v) is 15.9. The molecule has 0 aromatic carbocycles. The number of likely N-dealkylation sites (N-methyl/N-ethyl adjacent to an activating group) is 1. The van der Waals surface area contributed by atoms with E-state index in [1.165, 1.54) is 12.6 Å². The first-order valence-corrected chi connectivity index (χ1v) is 9.55. The highest BCUT2D eigenvalue weighted by molar-refractivity contribution is 7.71. The normalized spacial score (nSPS) is 16.0. The molecule has 0 aliphatic heterocycles. The molecule has 0 bridgehead atoms. The Hall–Kier alpha value is -1.67. The molecule has 2 rings (SSSR count). The van der Waals surface area contributed by atoms with Crippen LogP contribution in [0, 0.1) is 4.77 Å². The van der Waals surface area contributed by atoms with E-state index in [0.717, 1.165) is 45.3 Å². The van der Waals surface area contributed by atoms with Gasteiger partial charge >= 0.3 is 0 Å². The Morgan fingerprint density at radius 2 is 2.04 bits per heavy atom. The van der Waals surface area contributed by atoms with Crippen LogP contribution in [0.2, 0.25) is 0 Å². The molecule has 1 heterocycles. The van der Waals surface area contributed by atoms with Gasteiger partial charge in [-0.05, 0) is 38.1 Å². The third-order valence-corrected chi connectivity index (χ3v) is 5.11. The number of nitrogens with one attached hydrogen (secondary N) is 2. The molecule has 0 unspecified atom stereocenters. The van der Waals surface area contributed by atoms with Gasteiger partial charge in [-0.25, -0.2) is 0 Å². The van der Waals surface area contributed by atoms with Gasteiger partial charge in [0.1, 0.15) is 5.56 Å². The number of hydrogen-bond acceptors (Lipinski definition) is 6. The fraction of sp³-hybridized carbons (Fsp3) is 0.706. The molecule has 1 aromatic rings. The number of H-pyrrole nitrogens is 1. The molecule has 8 heteroatoms. The van der Waals surface area contributed by atoms with Gasteiger partial charge in [0.15, 0.2) is 4.77 Å². The number of nitrogens with zero attached hydrogens (tertiary/aromatic N) is 3. The van der Waals surface area contributed by atoms with Crippen molar-refractivity contribution in [1.29, 1.82) is 0 Å². The topological polar surface area (TPSA) is 85.7 Å². The summed E-state index contributed by atoms with van der Waals surface area (Å²) in [5, 5.41) is 14.7. The quantitative estimate of drug-likeness (QED) is 0.284. The van der Waals surface area contributed by atoms with Crippen molar-refractivity contribution in [2.75, 3.05) is 26.2 Å². The molecule has 0 saturated heterocycles. The Kier molecular flexibility index (Phi) is 7.64. The molecule has 1 aliphatic carbocycles. The van der Waals surface area contributed by atoms with Crippen LogP contribution in [0.5, 0.6) is 5.88 Å². The minimum Gasteiger partial charge on any atom is -0.494 e. The van der Waals surface area contributed by atoms with Gasteiger partial charge < -0.3 is 15.4 Å². The average molecular weight is 368 g/mol. The fourth-order valence-electron chi connectivity index (χ4n) is 3.27. The van der Waals surface area contributed by atoms with E-state index >= 15 is 0 Å². The minimum atomic E-state index is -0.413. The number of hydrogen-bond donors (Lipinski definition) is 3. The summed E-state index contributed by atoms with van der Waals surface area (Å²) in [6.45, 7) is 7.77. The smallest absolute Gasteiger partial charge is 0.264 e. The average Bonchev–Trinajstić information content (AvgIpc) is 2.61. The molecule has 1 saturated carbocycles. The lowest BCUT2D eigenvalue weighted by atomic mass is 9.95. The monoisotopic (exact) mass is 367 g/mol. The van der Waals surface area contributed by atoms with E-state index in [1.807, 2.05) is 0 Å². The van der Waals surface area contributed by atoms with Crippen LogP contribution in [0.4, 0.5) is 0 Å². The summed E-state index contributed by atoms with van der Waals surface area (Å²) in [6.07, 6.45) is 6.74. The third-order valence-electron chi connectivity index (χ3n) is 4.81. The van der Waals surface area contributed by atoms with E-state index in [1.54, 1.807) is 4.57 Å². The molecule has 0 amide bonds. The van der Waals surface area contributed by atoms with Crippen molar-refractivity contribution in [1.82, 2.24) is 19.9 Å². The molecule has 0 radical (unpaired) electrons. The predicted octanol–water partition coefficient (Wildman–Crippen LogP) is 2.38. The second-order valence-corrected chi connectivity index (χ2v) is 6.74. The Bertz CT molecular complexity index is 687. The zero-order valence-electron chi connectivity index (χ0n) is 15.1. The van der Waals surface area contributed by atoms with Crippen LogP contribution in [0.1, 0.15) is 57.6 Å². The first kappa shape index (κ1) is 19.7. The van der Waals surface area contributed by atoms with E-state index in [-0.39, 0.29) is 22.3 Å². The third kappa shape index (κ3) is 5.15. The van der Waals surface area contributed by atoms with E-state index in [0.29, 0.717) is 6.54 Å². The van der Waals surface area contributed by atoms with E-state index in [2.05, 4.69) is 34.3 Å². The largest absolute Gasteiger partial charge is 0.494 e. The summed E-state index contributed by atoms with van der Waals surface area (Å²) in [7, 11) is 0.